The van der Waals surface area contributed by atoms with Crippen molar-refractivity contribution in [2.45, 2.75) is 25.8 Å². The van der Waals surface area contributed by atoms with Crippen molar-refractivity contribution in [1.29, 1.82) is 0 Å². The molecule has 0 aromatic heterocycles. The third kappa shape index (κ3) is 3.99. The number of nitrogens with one attached hydrogen (secondary N) is 2. The Labute approximate surface area is 146 Å². The predicted molar refractivity (Wildman–Crippen MR) is 90.1 cm³/mol. The van der Waals surface area contributed by atoms with Gasteiger partial charge in [-0.25, -0.2) is 14.0 Å². The number of hydrogen-bond donors (Lipinski definition) is 2. The van der Waals surface area contributed by atoms with Crippen molar-refractivity contribution >= 4 is 12.0 Å². The van der Waals surface area contributed by atoms with Gasteiger partial charge in [0.1, 0.15) is 5.82 Å². The number of hydrogen-bond acceptors (Lipinski definition) is 4. The summed E-state index contributed by atoms with van der Waals surface area (Å²) in [6, 6.07) is 6.33. The van der Waals surface area contributed by atoms with E-state index >= 15 is 0 Å². The van der Waals surface area contributed by atoms with Crippen molar-refractivity contribution in [3.05, 3.63) is 46.9 Å². The molecule has 2 N–H and O–H groups in total. The van der Waals surface area contributed by atoms with Gasteiger partial charge in [0, 0.05) is 18.3 Å². The first-order valence-corrected chi connectivity index (χ1v) is 8.52. The fraction of sp³-hybridized carbons (Fsp3) is 0.444. The molecule has 0 saturated carbocycles. The van der Waals surface area contributed by atoms with E-state index in [1.54, 1.807) is 19.1 Å². The fourth-order valence-electron chi connectivity index (χ4n) is 3.36. The second kappa shape index (κ2) is 7.65. The zero-order valence-corrected chi connectivity index (χ0v) is 14.2. The van der Waals surface area contributed by atoms with Gasteiger partial charge in [-0.2, -0.15) is 0 Å². The van der Waals surface area contributed by atoms with Crippen LogP contribution in [0.5, 0.6) is 0 Å². The number of likely N-dealkylation sites (tertiary alicyclic amines) is 1. The van der Waals surface area contributed by atoms with Crippen LogP contribution in [0.4, 0.5) is 9.18 Å². The molecule has 6 nitrogen and oxygen atoms in total. The van der Waals surface area contributed by atoms with E-state index < -0.39 is 5.97 Å². The maximum atomic E-state index is 13.2. The topological polar surface area (TPSA) is 70.7 Å². The molecule has 134 valence electrons. The van der Waals surface area contributed by atoms with E-state index in [1.807, 2.05) is 0 Å². The van der Waals surface area contributed by atoms with Crippen molar-refractivity contribution in [1.82, 2.24) is 15.5 Å². The SMILES string of the molecule is CCOC(=O)C1=C(CN2CCC[C@H]2c2ccc(F)cc2)NC(=O)NC1. The number of ether oxygens (including phenoxy) is 1. The highest BCUT2D eigenvalue weighted by Crippen LogP contribution is 2.32. The maximum Gasteiger partial charge on any atom is 0.337 e. The first-order valence-electron chi connectivity index (χ1n) is 8.52. The van der Waals surface area contributed by atoms with E-state index in [9.17, 15) is 14.0 Å². The molecule has 0 spiro atoms. The van der Waals surface area contributed by atoms with Gasteiger partial charge in [0.2, 0.25) is 0 Å². The second-order valence-corrected chi connectivity index (χ2v) is 6.17. The van der Waals surface area contributed by atoms with Gasteiger partial charge in [0.25, 0.3) is 0 Å². The van der Waals surface area contributed by atoms with Gasteiger partial charge < -0.3 is 15.4 Å². The Morgan fingerprint density at radius 1 is 1.36 bits per heavy atom. The molecule has 2 heterocycles. The molecular weight excluding hydrogens is 325 g/mol. The Kier molecular flexibility index (Phi) is 5.33. The van der Waals surface area contributed by atoms with Crippen LogP contribution in [0.3, 0.4) is 0 Å². The van der Waals surface area contributed by atoms with Crippen LogP contribution in [0.25, 0.3) is 0 Å². The van der Waals surface area contributed by atoms with Crippen molar-refractivity contribution in [3.8, 4) is 0 Å². The third-order valence-corrected chi connectivity index (χ3v) is 4.56. The molecule has 2 aliphatic heterocycles. The molecule has 1 aromatic carbocycles. The van der Waals surface area contributed by atoms with Gasteiger partial charge in [-0.05, 0) is 44.0 Å². The minimum absolute atomic E-state index is 0.142. The Morgan fingerprint density at radius 2 is 2.12 bits per heavy atom. The number of carbonyl (C=O) groups is 2. The number of urea groups is 1. The highest BCUT2D eigenvalue weighted by molar-refractivity contribution is 5.93. The van der Waals surface area contributed by atoms with Crippen molar-refractivity contribution in [2.75, 3.05) is 26.2 Å². The normalized spacial score (nSPS) is 21.0. The lowest BCUT2D eigenvalue weighted by molar-refractivity contribution is -0.138. The molecule has 25 heavy (non-hydrogen) atoms. The summed E-state index contributed by atoms with van der Waals surface area (Å²) >= 11 is 0. The van der Waals surface area contributed by atoms with E-state index in [2.05, 4.69) is 15.5 Å². The van der Waals surface area contributed by atoms with Crippen LogP contribution < -0.4 is 10.6 Å². The van der Waals surface area contributed by atoms with E-state index in [-0.39, 0.29) is 31.0 Å². The molecule has 0 bridgehead atoms. The molecule has 1 aromatic rings. The molecule has 2 aliphatic rings. The summed E-state index contributed by atoms with van der Waals surface area (Å²) in [5.41, 5.74) is 2.07. The first-order chi connectivity index (χ1) is 12.1. The number of nitrogens with zero attached hydrogens (tertiary/aromatic N) is 1. The van der Waals surface area contributed by atoms with Crippen molar-refractivity contribution in [2.24, 2.45) is 0 Å². The summed E-state index contributed by atoms with van der Waals surface area (Å²) < 4.78 is 18.3. The average Bonchev–Trinajstić information content (AvgIpc) is 3.04. The van der Waals surface area contributed by atoms with E-state index in [0.29, 0.717) is 17.8 Å². The summed E-state index contributed by atoms with van der Waals surface area (Å²) in [7, 11) is 0. The summed E-state index contributed by atoms with van der Waals surface area (Å²) in [6.07, 6.45) is 1.97. The van der Waals surface area contributed by atoms with Gasteiger partial charge in [0.15, 0.2) is 0 Å². The lowest BCUT2D eigenvalue weighted by atomic mass is 10.0. The molecular formula is C18H22FN3O3. The molecule has 2 amide bonds. The Balaban J connectivity index is 1.80. The Bertz CT molecular complexity index is 687. The van der Waals surface area contributed by atoms with Crippen molar-refractivity contribution in [3.63, 3.8) is 0 Å². The van der Waals surface area contributed by atoms with E-state index in [0.717, 1.165) is 24.9 Å². The molecule has 7 heteroatoms. The van der Waals surface area contributed by atoms with Gasteiger partial charge in [-0.15, -0.1) is 0 Å². The van der Waals surface area contributed by atoms with Gasteiger partial charge in [-0.1, -0.05) is 12.1 Å². The zero-order valence-electron chi connectivity index (χ0n) is 14.2. The number of benzene rings is 1. The van der Waals surface area contributed by atoms with Crippen LogP contribution in [-0.2, 0) is 9.53 Å². The predicted octanol–water partition coefficient (Wildman–Crippen LogP) is 2.09. The molecule has 3 rings (SSSR count). The smallest absolute Gasteiger partial charge is 0.337 e. The summed E-state index contributed by atoms with van der Waals surface area (Å²) in [4.78, 5) is 26.0. The lowest BCUT2D eigenvalue weighted by Gasteiger charge is -2.29. The molecule has 1 fully saturated rings. The monoisotopic (exact) mass is 347 g/mol. The largest absolute Gasteiger partial charge is 0.463 e. The first kappa shape index (κ1) is 17.4. The summed E-state index contributed by atoms with van der Waals surface area (Å²) in [5.74, 6) is -0.672. The van der Waals surface area contributed by atoms with Crippen LogP contribution in [-0.4, -0.2) is 43.1 Å². The van der Waals surface area contributed by atoms with Crippen LogP contribution in [0.1, 0.15) is 31.4 Å². The molecule has 1 atom stereocenters. The molecule has 1 saturated heterocycles. The number of esters is 1. The Morgan fingerprint density at radius 3 is 2.84 bits per heavy atom. The van der Waals surface area contributed by atoms with Crippen LogP contribution in [0.15, 0.2) is 35.5 Å². The van der Waals surface area contributed by atoms with Gasteiger partial charge in [-0.3, -0.25) is 4.90 Å². The van der Waals surface area contributed by atoms with E-state index in [1.165, 1.54) is 12.1 Å². The fourth-order valence-corrected chi connectivity index (χ4v) is 3.36. The molecule has 0 unspecified atom stereocenters. The highest BCUT2D eigenvalue weighted by atomic mass is 19.1. The lowest BCUT2D eigenvalue weighted by Crippen LogP contribution is -2.46. The number of carbonyl (C=O) groups excluding carboxylic acids is 2. The Hall–Kier alpha value is -2.41. The minimum Gasteiger partial charge on any atom is -0.463 e. The highest BCUT2D eigenvalue weighted by Gasteiger charge is 2.30. The number of amides is 2. The minimum atomic E-state index is -0.414. The van der Waals surface area contributed by atoms with Crippen molar-refractivity contribution < 1.29 is 18.7 Å². The van der Waals surface area contributed by atoms with Gasteiger partial charge >= 0.3 is 12.0 Å². The third-order valence-electron chi connectivity index (χ3n) is 4.56. The second-order valence-electron chi connectivity index (χ2n) is 6.17. The maximum absolute atomic E-state index is 13.2. The standard InChI is InChI=1S/C18H22FN3O3/c1-2-25-17(23)14-10-20-18(24)21-15(14)11-22-9-3-4-16(22)12-5-7-13(19)8-6-12/h5-8,16H,2-4,9-11H2,1H3,(H2,20,21,24)/t16-/m0/s1. The number of halogens is 1. The summed E-state index contributed by atoms with van der Waals surface area (Å²) in [5, 5.41) is 5.35. The summed E-state index contributed by atoms with van der Waals surface area (Å²) in [6.45, 7) is 3.49. The van der Waals surface area contributed by atoms with Crippen LogP contribution >= 0.6 is 0 Å². The quantitative estimate of drug-likeness (QED) is 0.800. The van der Waals surface area contributed by atoms with Gasteiger partial charge in [0.05, 0.1) is 18.7 Å². The average molecular weight is 347 g/mol. The van der Waals surface area contributed by atoms with Crippen LogP contribution in [0.2, 0.25) is 0 Å². The zero-order chi connectivity index (χ0) is 17.8. The number of rotatable bonds is 5. The molecule has 0 aliphatic carbocycles. The molecule has 0 radical (unpaired) electrons. The van der Waals surface area contributed by atoms with E-state index in [4.69, 9.17) is 4.74 Å². The van der Waals surface area contributed by atoms with Crippen LogP contribution in [0, 0.1) is 5.82 Å².